The highest BCUT2D eigenvalue weighted by atomic mass is 16.3. The molecule has 0 aromatic carbocycles. The summed E-state index contributed by atoms with van der Waals surface area (Å²) >= 11 is 0. The fourth-order valence-electron chi connectivity index (χ4n) is 3.45. The van der Waals surface area contributed by atoms with Crippen molar-refractivity contribution in [3.63, 3.8) is 0 Å². The summed E-state index contributed by atoms with van der Waals surface area (Å²) in [6.45, 7) is 8.44. The lowest BCUT2D eigenvalue weighted by atomic mass is 10.1. The third-order valence-corrected chi connectivity index (χ3v) is 5.27. The van der Waals surface area contributed by atoms with Gasteiger partial charge in [-0.1, -0.05) is 104 Å². The maximum atomic E-state index is 9.93. The molecule has 0 aromatic rings. The van der Waals surface area contributed by atoms with Crippen molar-refractivity contribution in [3.05, 3.63) is 0 Å². The topological polar surface area (TPSA) is 44.3 Å². The minimum atomic E-state index is -0.335. The molecule has 0 spiro atoms. The minimum Gasteiger partial charge on any atom is -0.390 e. The van der Waals surface area contributed by atoms with Crippen LogP contribution in [-0.4, -0.2) is 30.5 Å². The summed E-state index contributed by atoms with van der Waals surface area (Å²) in [5, 5.41) is 16.9. The molecule has 1 unspecified atom stereocenters. The van der Waals surface area contributed by atoms with E-state index in [0.717, 1.165) is 13.1 Å². The Morgan fingerprint density at radius 2 is 0.846 bits per heavy atom. The van der Waals surface area contributed by atoms with Gasteiger partial charge < -0.3 is 5.11 Å². The summed E-state index contributed by atoms with van der Waals surface area (Å²) in [6.07, 6.45) is 21.3. The molecular weight excluding hydrogens is 320 g/mol. The number of unbranched alkanes of at least 4 members (excludes halogenated alkanes) is 14. The Hall–Kier alpha value is -0.120. The molecule has 0 bridgehead atoms. The fraction of sp³-hybridized carbons (Fsp3) is 1.00. The molecule has 0 aliphatic rings. The summed E-state index contributed by atoms with van der Waals surface area (Å²) in [7, 11) is 0. The number of hydrogen-bond acceptors (Lipinski definition) is 3. The van der Waals surface area contributed by atoms with E-state index in [4.69, 9.17) is 0 Å². The third-order valence-electron chi connectivity index (χ3n) is 5.27. The highest BCUT2D eigenvalue weighted by molar-refractivity contribution is 4.70. The van der Waals surface area contributed by atoms with Gasteiger partial charge in [0.1, 0.15) is 0 Å². The Labute approximate surface area is 165 Å². The van der Waals surface area contributed by atoms with E-state index in [1.807, 2.05) is 6.92 Å². The van der Waals surface area contributed by atoms with Crippen molar-refractivity contribution in [2.24, 2.45) is 0 Å². The Bertz CT molecular complexity index is 237. The lowest BCUT2D eigenvalue weighted by Crippen LogP contribution is -2.50. The van der Waals surface area contributed by atoms with Crippen molar-refractivity contribution >= 4 is 0 Å². The van der Waals surface area contributed by atoms with Crippen molar-refractivity contribution in [2.45, 2.75) is 136 Å². The number of aliphatic hydroxyl groups excluding tert-OH is 1. The SMILES string of the molecule is CCCCCCCCCCNC(NCCCCCCCCCC)C(C)O. The Morgan fingerprint density at radius 3 is 1.15 bits per heavy atom. The van der Waals surface area contributed by atoms with Gasteiger partial charge in [0.05, 0.1) is 12.3 Å². The first-order chi connectivity index (χ1) is 12.7. The summed E-state index contributed by atoms with van der Waals surface area (Å²) in [6, 6.07) is 0. The van der Waals surface area contributed by atoms with Gasteiger partial charge in [-0.25, -0.2) is 0 Å². The van der Waals surface area contributed by atoms with E-state index in [-0.39, 0.29) is 12.3 Å². The normalized spacial score (nSPS) is 12.8. The van der Waals surface area contributed by atoms with Crippen LogP contribution in [0, 0.1) is 0 Å². The summed E-state index contributed by atoms with van der Waals surface area (Å²) in [5.41, 5.74) is 0. The molecule has 3 heteroatoms. The van der Waals surface area contributed by atoms with Gasteiger partial charge in [-0.3, -0.25) is 10.6 Å². The summed E-state index contributed by atoms with van der Waals surface area (Å²) in [4.78, 5) is 0. The van der Waals surface area contributed by atoms with Crippen molar-refractivity contribution in [3.8, 4) is 0 Å². The standard InChI is InChI=1S/C23H50N2O/c1-4-6-8-10-12-14-16-18-20-24-23(22(3)26)25-21-19-17-15-13-11-9-7-5-2/h22-26H,4-21H2,1-3H3. The molecule has 26 heavy (non-hydrogen) atoms. The fourth-order valence-corrected chi connectivity index (χ4v) is 3.45. The van der Waals surface area contributed by atoms with E-state index in [1.165, 1.54) is 103 Å². The molecule has 3 N–H and O–H groups in total. The van der Waals surface area contributed by atoms with Crippen LogP contribution in [0.15, 0.2) is 0 Å². The molecule has 0 aromatic heterocycles. The quantitative estimate of drug-likeness (QED) is 0.168. The summed E-state index contributed by atoms with van der Waals surface area (Å²) < 4.78 is 0. The predicted molar refractivity (Wildman–Crippen MR) is 117 cm³/mol. The van der Waals surface area contributed by atoms with Gasteiger partial charge >= 0.3 is 0 Å². The van der Waals surface area contributed by atoms with Gasteiger partial charge in [0, 0.05) is 0 Å². The molecule has 0 amide bonds. The Morgan fingerprint density at radius 1 is 0.538 bits per heavy atom. The molecule has 0 saturated carbocycles. The third kappa shape index (κ3) is 18.7. The average Bonchev–Trinajstić information content (AvgIpc) is 2.63. The second-order valence-electron chi connectivity index (χ2n) is 8.08. The summed E-state index contributed by atoms with van der Waals surface area (Å²) in [5.74, 6) is 0. The molecule has 0 aliphatic heterocycles. The molecule has 1 atom stereocenters. The van der Waals surface area contributed by atoms with Crippen LogP contribution in [0.4, 0.5) is 0 Å². The van der Waals surface area contributed by atoms with Crippen molar-refractivity contribution < 1.29 is 5.11 Å². The molecule has 0 radical (unpaired) electrons. The first-order valence-corrected chi connectivity index (χ1v) is 11.9. The zero-order valence-corrected chi connectivity index (χ0v) is 18.3. The number of hydrogen-bond donors (Lipinski definition) is 3. The first kappa shape index (κ1) is 25.9. The van der Waals surface area contributed by atoms with E-state index < -0.39 is 0 Å². The van der Waals surface area contributed by atoms with Gasteiger partial charge in [0.25, 0.3) is 0 Å². The second-order valence-corrected chi connectivity index (χ2v) is 8.08. The van der Waals surface area contributed by atoms with Crippen LogP contribution in [0.3, 0.4) is 0 Å². The van der Waals surface area contributed by atoms with E-state index >= 15 is 0 Å². The maximum absolute atomic E-state index is 9.93. The number of rotatable bonds is 21. The van der Waals surface area contributed by atoms with Crippen LogP contribution in [0.2, 0.25) is 0 Å². The van der Waals surface area contributed by atoms with Crippen molar-refractivity contribution in [1.82, 2.24) is 10.6 Å². The molecule has 0 fully saturated rings. The van der Waals surface area contributed by atoms with E-state index in [1.54, 1.807) is 0 Å². The largest absolute Gasteiger partial charge is 0.390 e. The van der Waals surface area contributed by atoms with Crippen LogP contribution in [0.5, 0.6) is 0 Å². The predicted octanol–water partition coefficient (Wildman–Crippen LogP) is 6.15. The van der Waals surface area contributed by atoms with Crippen LogP contribution in [0.25, 0.3) is 0 Å². The molecule has 0 aliphatic carbocycles. The molecule has 0 rings (SSSR count). The molecular formula is C23H50N2O. The van der Waals surface area contributed by atoms with Crippen LogP contribution < -0.4 is 10.6 Å². The highest BCUT2D eigenvalue weighted by Gasteiger charge is 2.12. The Balaban J connectivity index is 3.45. The van der Waals surface area contributed by atoms with Gasteiger partial charge in [-0.2, -0.15) is 0 Å². The second kappa shape index (κ2) is 21.2. The van der Waals surface area contributed by atoms with E-state index in [2.05, 4.69) is 24.5 Å². The molecule has 3 nitrogen and oxygen atoms in total. The van der Waals surface area contributed by atoms with Gasteiger partial charge in [-0.05, 0) is 32.9 Å². The van der Waals surface area contributed by atoms with Crippen molar-refractivity contribution in [1.29, 1.82) is 0 Å². The Kier molecular flexibility index (Phi) is 21.1. The highest BCUT2D eigenvalue weighted by Crippen LogP contribution is 2.09. The zero-order chi connectivity index (χ0) is 19.3. The van der Waals surface area contributed by atoms with Crippen LogP contribution in [0.1, 0.15) is 124 Å². The molecule has 0 heterocycles. The maximum Gasteiger partial charge on any atom is 0.0836 e. The molecule has 158 valence electrons. The first-order valence-electron chi connectivity index (χ1n) is 11.9. The lowest BCUT2D eigenvalue weighted by Gasteiger charge is -2.23. The lowest BCUT2D eigenvalue weighted by molar-refractivity contribution is 0.126. The van der Waals surface area contributed by atoms with E-state index in [9.17, 15) is 5.11 Å². The molecule has 0 saturated heterocycles. The number of nitrogens with one attached hydrogen (secondary N) is 2. The van der Waals surface area contributed by atoms with Gasteiger partial charge in [0.15, 0.2) is 0 Å². The van der Waals surface area contributed by atoms with Crippen molar-refractivity contribution in [2.75, 3.05) is 13.1 Å². The van der Waals surface area contributed by atoms with Crippen LogP contribution in [-0.2, 0) is 0 Å². The average molecular weight is 371 g/mol. The van der Waals surface area contributed by atoms with Gasteiger partial charge in [0.2, 0.25) is 0 Å². The van der Waals surface area contributed by atoms with E-state index in [0.29, 0.717) is 0 Å². The number of aliphatic hydroxyl groups is 1. The van der Waals surface area contributed by atoms with Crippen LogP contribution >= 0.6 is 0 Å². The smallest absolute Gasteiger partial charge is 0.0836 e. The van der Waals surface area contributed by atoms with Gasteiger partial charge in [-0.15, -0.1) is 0 Å². The minimum absolute atomic E-state index is 0.0455. The monoisotopic (exact) mass is 370 g/mol. The zero-order valence-electron chi connectivity index (χ0n) is 18.3.